The van der Waals surface area contributed by atoms with Crippen molar-refractivity contribution in [3.8, 4) is 0 Å². The van der Waals surface area contributed by atoms with Gasteiger partial charge in [0.2, 0.25) is 0 Å². The van der Waals surface area contributed by atoms with Crippen LogP contribution in [0.25, 0.3) is 0 Å². The monoisotopic (exact) mass is 286 g/mol. The highest BCUT2D eigenvalue weighted by Crippen LogP contribution is 2.42. The minimum Gasteiger partial charge on any atom is -0.481 e. The minimum atomic E-state index is -0.793. The van der Waals surface area contributed by atoms with Gasteiger partial charge in [0.15, 0.2) is 0 Å². The number of nitrogens with one attached hydrogen (secondary N) is 2. The Kier molecular flexibility index (Phi) is 4.28. The number of carboxylic acid groups (broad SMARTS) is 1. The maximum absolute atomic E-state index is 11.7. The van der Waals surface area contributed by atoms with E-state index in [1.807, 2.05) is 11.8 Å². The molecule has 0 aliphatic heterocycles. The molecular formula is C13H22N2O3S. The lowest BCUT2D eigenvalue weighted by Crippen LogP contribution is -2.52. The normalized spacial score (nSPS) is 22.8. The zero-order valence-electron chi connectivity index (χ0n) is 11.3. The summed E-state index contributed by atoms with van der Waals surface area (Å²) in [6, 6.07) is -0.243. The second kappa shape index (κ2) is 5.61. The molecule has 0 spiro atoms. The number of hydrogen-bond donors (Lipinski definition) is 3. The summed E-state index contributed by atoms with van der Waals surface area (Å²) in [5.41, 5.74) is -0.717. The first-order valence-corrected chi connectivity index (χ1v) is 8.05. The summed E-state index contributed by atoms with van der Waals surface area (Å²) in [4.78, 5) is 22.9. The number of rotatable bonds is 6. The van der Waals surface area contributed by atoms with Crippen LogP contribution in [0, 0.1) is 5.41 Å². The zero-order valence-corrected chi connectivity index (χ0v) is 12.1. The molecule has 2 rings (SSSR count). The molecule has 0 heterocycles. The van der Waals surface area contributed by atoms with E-state index >= 15 is 0 Å². The van der Waals surface area contributed by atoms with E-state index in [1.165, 1.54) is 6.42 Å². The van der Waals surface area contributed by atoms with Crippen LogP contribution in [0.4, 0.5) is 4.79 Å². The van der Waals surface area contributed by atoms with E-state index in [-0.39, 0.29) is 17.3 Å². The summed E-state index contributed by atoms with van der Waals surface area (Å²) in [7, 11) is 0. The van der Waals surface area contributed by atoms with Gasteiger partial charge < -0.3 is 15.7 Å². The van der Waals surface area contributed by atoms with Gasteiger partial charge in [-0.15, -0.1) is 0 Å². The third-order valence-corrected chi connectivity index (χ3v) is 6.04. The molecular weight excluding hydrogens is 264 g/mol. The zero-order chi connectivity index (χ0) is 13.9. The molecule has 108 valence electrons. The van der Waals surface area contributed by atoms with Gasteiger partial charge in [-0.1, -0.05) is 12.8 Å². The highest BCUT2D eigenvalue weighted by atomic mass is 32.2. The molecule has 5 nitrogen and oxygen atoms in total. The summed E-state index contributed by atoms with van der Waals surface area (Å²) in [5, 5.41) is 14.7. The summed E-state index contributed by atoms with van der Waals surface area (Å²) in [6.07, 6.45) is 7.86. The highest BCUT2D eigenvalue weighted by Gasteiger charge is 2.44. The maximum atomic E-state index is 11.7. The highest BCUT2D eigenvalue weighted by molar-refractivity contribution is 8.00. The van der Waals surface area contributed by atoms with Crippen LogP contribution in [0.5, 0.6) is 0 Å². The molecule has 2 aliphatic carbocycles. The molecule has 6 heteroatoms. The molecule has 0 aromatic heterocycles. The summed E-state index contributed by atoms with van der Waals surface area (Å²) in [5.74, 6) is -0.793. The number of thioether (sulfide) groups is 1. The van der Waals surface area contributed by atoms with E-state index in [0.29, 0.717) is 19.4 Å². The van der Waals surface area contributed by atoms with Crippen molar-refractivity contribution in [1.82, 2.24) is 10.6 Å². The average molecular weight is 286 g/mol. The molecule has 0 bridgehead atoms. The predicted octanol–water partition coefficient (Wildman–Crippen LogP) is 1.83. The largest absolute Gasteiger partial charge is 0.481 e. The number of amides is 2. The Morgan fingerprint density at radius 1 is 1.11 bits per heavy atom. The minimum absolute atomic E-state index is 0.207. The fraction of sp³-hybridized carbons (Fsp3) is 0.846. The van der Waals surface area contributed by atoms with Crippen LogP contribution in [0.15, 0.2) is 0 Å². The van der Waals surface area contributed by atoms with Crippen molar-refractivity contribution in [2.75, 3.05) is 19.3 Å². The van der Waals surface area contributed by atoms with Crippen molar-refractivity contribution in [3.05, 3.63) is 0 Å². The molecule has 2 amide bonds. The van der Waals surface area contributed by atoms with E-state index in [1.54, 1.807) is 0 Å². The Bertz CT molecular complexity index is 359. The van der Waals surface area contributed by atoms with Gasteiger partial charge in [0, 0.05) is 17.8 Å². The van der Waals surface area contributed by atoms with E-state index in [2.05, 4.69) is 16.9 Å². The molecule has 2 fully saturated rings. The number of urea groups is 1. The molecule has 2 aliphatic rings. The van der Waals surface area contributed by atoms with Crippen LogP contribution in [0.2, 0.25) is 0 Å². The maximum Gasteiger partial charge on any atom is 0.314 e. The lowest BCUT2D eigenvalue weighted by molar-refractivity contribution is -0.153. The van der Waals surface area contributed by atoms with Gasteiger partial charge in [-0.2, -0.15) is 11.8 Å². The molecule has 2 saturated carbocycles. The number of carboxylic acids is 1. The molecule has 0 aromatic carbocycles. The van der Waals surface area contributed by atoms with Gasteiger partial charge in [0.1, 0.15) is 0 Å². The van der Waals surface area contributed by atoms with Crippen LogP contribution in [-0.4, -0.2) is 41.2 Å². The molecule has 0 radical (unpaired) electrons. The van der Waals surface area contributed by atoms with Crippen LogP contribution in [0.3, 0.4) is 0 Å². The van der Waals surface area contributed by atoms with Crippen LogP contribution < -0.4 is 10.6 Å². The number of hydrogen-bond acceptors (Lipinski definition) is 3. The average Bonchev–Trinajstić information content (AvgIpc) is 2.26. The second-order valence-corrected chi connectivity index (χ2v) is 6.99. The van der Waals surface area contributed by atoms with E-state index in [9.17, 15) is 9.59 Å². The molecule has 0 unspecified atom stereocenters. The third kappa shape index (κ3) is 2.99. The Balaban J connectivity index is 1.71. The van der Waals surface area contributed by atoms with Gasteiger partial charge in [0.05, 0.1) is 5.41 Å². The Morgan fingerprint density at radius 3 is 2.05 bits per heavy atom. The molecule has 0 atom stereocenters. The Labute approximate surface area is 117 Å². The Morgan fingerprint density at radius 2 is 1.68 bits per heavy atom. The van der Waals surface area contributed by atoms with Gasteiger partial charge >= 0.3 is 12.0 Å². The molecule has 3 N–H and O–H groups in total. The number of carbonyl (C=O) groups is 2. The first kappa shape index (κ1) is 14.5. The van der Waals surface area contributed by atoms with E-state index in [0.717, 1.165) is 19.3 Å². The van der Waals surface area contributed by atoms with Crippen LogP contribution in [0.1, 0.15) is 38.5 Å². The lowest BCUT2D eigenvalue weighted by atomic mass is 9.69. The smallest absolute Gasteiger partial charge is 0.314 e. The van der Waals surface area contributed by atoms with Crippen molar-refractivity contribution < 1.29 is 14.7 Å². The SMILES string of the molecule is CSC1(CNC(=O)NCC2(C(=O)O)CCC2)CCC1. The fourth-order valence-electron chi connectivity index (χ4n) is 2.65. The third-order valence-electron chi connectivity index (χ3n) is 4.62. The number of carbonyl (C=O) groups excluding carboxylic acids is 1. The van der Waals surface area contributed by atoms with Crippen molar-refractivity contribution >= 4 is 23.8 Å². The van der Waals surface area contributed by atoms with Crippen molar-refractivity contribution in [2.45, 2.75) is 43.3 Å². The number of aliphatic carboxylic acids is 1. The Hall–Kier alpha value is -0.910. The summed E-state index contributed by atoms with van der Waals surface area (Å²) >= 11 is 1.81. The predicted molar refractivity (Wildman–Crippen MR) is 75.4 cm³/mol. The molecule has 19 heavy (non-hydrogen) atoms. The first-order chi connectivity index (χ1) is 9.02. The van der Waals surface area contributed by atoms with E-state index in [4.69, 9.17) is 5.11 Å². The van der Waals surface area contributed by atoms with Crippen LogP contribution >= 0.6 is 11.8 Å². The second-order valence-electron chi connectivity index (χ2n) is 5.72. The first-order valence-electron chi connectivity index (χ1n) is 6.82. The molecule has 0 saturated heterocycles. The van der Waals surface area contributed by atoms with Gasteiger partial charge in [-0.05, 0) is 31.9 Å². The van der Waals surface area contributed by atoms with Crippen molar-refractivity contribution in [3.63, 3.8) is 0 Å². The van der Waals surface area contributed by atoms with Crippen molar-refractivity contribution in [2.24, 2.45) is 5.41 Å². The van der Waals surface area contributed by atoms with Gasteiger partial charge in [-0.3, -0.25) is 4.79 Å². The quantitative estimate of drug-likeness (QED) is 0.696. The van der Waals surface area contributed by atoms with Gasteiger partial charge in [-0.25, -0.2) is 4.79 Å². The lowest BCUT2D eigenvalue weighted by Gasteiger charge is -2.41. The van der Waals surface area contributed by atoms with Crippen LogP contribution in [-0.2, 0) is 4.79 Å². The molecule has 0 aromatic rings. The summed E-state index contributed by atoms with van der Waals surface area (Å²) in [6.45, 7) is 0.903. The van der Waals surface area contributed by atoms with E-state index < -0.39 is 11.4 Å². The summed E-state index contributed by atoms with van der Waals surface area (Å²) < 4.78 is 0.207. The van der Waals surface area contributed by atoms with Crippen molar-refractivity contribution in [1.29, 1.82) is 0 Å². The topological polar surface area (TPSA) is 78.4 Å². The van der Waals surface area contributed by atoms with Gasteiger partial charge in [0.25, 0.3) is 0 Å². The fourth-order valence-corrected chi connectivity index (χ4v) is 3.56. The standard InChI is InChI=1S/C13H22N2O3S/c1-19-13(6-3-7-13)9-15-11(18)14-8-12(10(16)17)4-2-5-12/h2-9H2,1H3,(H,16,17)(H2,14,15,18).